The zero-order chi connectivity index (χ0) is 16.1. The first-order valence-corrected chi connectivity index (χ1v) is 6.58. The number of nitrogens with one attached hydrogen (secondary N) is 1. The summed E-state index contributed by atoms with van der Waals surface area (Å²) in [5, 5.41) is 23.3. The summed E-state index contributed by atoms with van der Waals surface area (Å²) < 4.78 is 4.92. The molecule has 3 N–H and O–H groups in total. The molecule has 0 spiro atoms. The fourth-order valence-corrected chi connectivity index (χ4v) is 1.85. The standard InChI is InChI=1S/C15H13ClN2O4/c1-22-14-7-9(2-4-13(14)20)15(21)18-17-8-10-6-11(16)3-5-12(10)19/h2-8,19-20H,1H3,(H,18,21)/b17-8+. The number of carbonyl (C=O) groups is 1. The number of phenolic OH excluding ortho intramolecular Hbond substituents is 2. The summed E-state index contributed by atoms with van der Waals surface area (Å²) >= 11 is 5.80. The van der Waals surface area contributed by atoms with Gasteiger partial charge in [-0.15, -0.1) is 0 Å². The van der Waals surface area contributed by atoms with Gasteiger partial charge in [0, 0.05) is 16.1 Å². The van der Waals surface area contributed by atoms with Crippen LogP contribution in [0.4, 0.5) is 0 Å². The van der Waals surface area contributed by atoms with Crippen LogP contribution in [0.3, 0.4) is 0 Å². The third-order valence-electron chi connectivity index (χ3n) is 2.80. The highest BCUT2D eigenvalue weighted by Gasteiger charge is 2.09. The quantitative estimate of drug-likeness (QED) is 0.596. The third-order valence-corrected chi connectivity index (χ3v) is 3.04. The monoisotopic (exact) mass is 320 g/mol. The molecule has 0 saturated carbocycles. The summed E-state index contributed by atoms with van der Waals surface area (Å²) in [6, 6.07) is 8.64. The molecular formula is C15H13ClN2O4. The Balaban J connectivity index is 2.09. The minimum atomic E-state index is -0.490. The van der Waals surface area contributed by atoms with Crippen LogP contribution in [0.5, 0.6) is 17.2 Å². The molecule has 0 aliphatic heterocycles. The Morgan fingerprint density at radius 3 is 2.68 bits per heavy atom. The Morgan fingerprint density at radius 2 is 1.95 bits per heavy atom. The molecule has 0 aliphatic rings. The van der Waals surface area contributed by atoms with Crippen molar-refractivity contribution in [1.29, 1.82) is 0 Å². The normalized spacial score (nSPS) is 10.6. The Hall–Kier alpha value is -2.73. The highest BCUT2D eigenvalue weighted by atomic mass is 35.5. The van der Waals surface area contributed by atoms with E-state index in [1.807, 2.05) is 0 Å². The van der Waals surface area contributed by atoms with Gasteiger partial charge in [-0.05, 0) is 36.4 Å². The number of halogens is 1. The number of hydrogen-bond donors (Lipinski definition) is 3. The van der Waals surface area contributed by atoms with Gasteiger partial charge < -0.3 is 14.9 Å². The van der Waals surface area contributed by atoms with Crippen LogP contribution in [0.1, 0.15) is 15.9 Å². The van der Waals surface area contributed by atoms with Crippen molar-refractivity contribution in [3.63, 3.8) is 0 Å². The highest BCUT2D eigenvalue weighted by molar-refractivity contribution is 6.30. The Kier molecular flexibility index (Phi) is 4.85. The lowest BCUT2D eigenvalue weighted by molar-refractivity contribution is 0.0954. The van der Waals surface area contributed by atoms with E-state index in [4.69, 9.17) is 16.3 Å². The van der Waals surface area contributed by atoms with Gasteiger partial charge in [0.05, 0.1) is 13.3 Å². The van der Waals surface area contributed by atoms with Crippen molar-refractivity contribution in [2.45, 2.75) is 0 Å². The second-order valence-electron chi connectivity index (χ2n) is 4.29. The van der Waals surface area contributed by atoms with Gasteiger partial charge in [0.25, 0.3) is 5.91 Å². The zero-order valence-corrected chi connectivity index (χ0v) is 12.3. The van der Waals surface area contributed by atoms with Crippen LogP contribution < -0.4 is 10.2 Å². The van der Waals surface area contributed by atoms with Gasteiger partial charge >= 0.3 is 0 Å². The van der Waals surface area contributed by atoms with Crippen molar-refractivity contribution in [3.05, 3.63) is 52.5 Å². The largest absolute Gasteiger partial charge is 0.507 e. The molecule has 0 aliphatic carbocycles. The summed E-state index contributed by atoms with van der Waals surface area (Å²) in [6.07, 6.45) is 1.27. The molecule has 6 nitrogen and oxygen atoms in total. The van der Waals surface area contributed by atoms with Gasteiger partial charge in [-0.25, -0.2) is 5.43 Å². The van der Waals surface area contributed by atoms with Crippen molar-refractivity contribution in [2.75, 3.05) is 7.11 Å². The maximum absolute atomic E-state index is 11.9. The van der Waals surface area contributed by atoms with E-state index in [2.05, 4.69) is 10.5 Å². The lowest BCUT2D eigenvalue weighted by atomic mass is 10.2. The lowest BCUT2D eigenvalue weighted by Crippen LogP contribution is -2.17. The molecule has 0 heterocycles. The number of ether oxygens (including phenoxy) is 1. The molecular weight excluding hydrogens is 308 g/mol. The Labute approximate surface area is 131 Å². The van der Waals surface area contributed by atoms with Gasteiger partial charge in [0.1, 0.15) is 5.75 Å². The van der Waals surface area contributed by atoms with Crippen LogP contribution >= 0.6 is 11.6 Å². The van der Waals surface area contributed by atoms with Gasteiger partial charge in [-0.2, -0.15) is 5.10 Å². The summed E-state index contributed by atoms with van der Waals surface area (Å²) in [6.45, 7) is 0. The molecule has 22 heavy (non-hydrogen) atoms. The number of phenols is 2. The molecule has 0 saturated heterocycles. The number of benzene rings is 2. The van der Waals surface area contributed by atoms with Crippen LogP contribution in [-0.2, 0) is 0 Å². The summed E-state index contributed by atoms with van der Waals surface area (Å²) in [5.41, 5.74) is 2.94. The minimum Gasteiger partial charge on any atom is -0.507 e. The lowest BCUT2D eigenvalue weighted by Gasteiger charge is -2.05. The number of amides is 1. The smallest absolute Gasteiger partial charge is 0.271 e. The molecule has 7 heteroatoms. The number of rotatable bonds is 4. The number of nitrogens with zero attached hydrogens (tertiary/aromatic N) is 1. The van der Waals surface area contributed by atoms with Crippen molar-refractivity contribution in [1.82, 2.24) is 5.43 Å². The van der Waals surface area contributed by atoms with Crippen LogP contribution in [0.25, 0.3) is 0 Å². The van der Waals surface area contributed by atoms with E-state index < -0.39 is 5.91 Å². The van der Waals surface area contributed by atoms with Crippen LogP contribution in [0, 0.1) is 0 Å². The molecule has 0 fully saturated rings. The van der Waals surface area contributed by atoms with E-state index in [1.165, 1.54) is 49.7 Å². The fourth-order valence-electron chi connectivity index (χ4n) is 1.67. The van der Waals surface area contributed by atoms with Crippen molar-refractivity contribution in [2.24, 2.45) is 5.10 Å². The second kappa shape index (κ2) is 6.82. The molecule has 114 valence electrons. The molecule has 0 aromatic heterocycles. The third kappa shape index (κ3) is 3.67. The molecule has 0 unspecified atom stereocenters. The highest BCUT2D eigenvalue weighted by Crippen LogP contribution is 2.26. The first kappa shape index (κ1) is 15.7. The number of aromatic hydroxyl groups is 2. The Bertz CT molecular complexity index is 731. The Morgan fingerprint density at radius 1 is 1.23 bits per heavy atom. The minimum absolute atomic E-state index is 0.00583. The van der Waals surface area contributed by atoms with E-state index in [-0.39, 0.29) is 22.8 Å². The van der Waals surface area contributed by atoms with E-state index in [0.717, 1.165) is 0 Å². The maximum Gasteiger partial charge on any atom is 0.271 e. The maximum atomic E-state index is 11.9. The van der Waals surface area contributed by atoms with Crippen LogP contribution in [0.15, 0.2) is 41.5 Å². The molecule has 2 aromatic carbocycles. The van der Waals surface area contributed by atoms with E-state index >= 15 is 0 Å². The fraction of sp³-hybridized carbons (Fsp3) is 0.0667. The van der Waals surface area contributed by atoms with Crippen LogP contribution in [-0.4, -0.2) is 29.4 Å². The number of methoxy groups -OCH3 is 1. The molecule has 0 radical (unpaired) electrons. The summed E-state index contributed by atoms with van der Waals surface area (Å²) in [4.78, 5) is 11.9. The molecule has 0 bridgehead atoms. The number of carbonyl (C=O) groups excluding carboxylic acids is 1. The van der Waals surface area contributed by atoms with Crippen molar-refractivity contribution >= 4 is 23.7 Å². The second-order valence-corrected chi connectivity index (χ2v) is 4.73. The number of hydrazone groups is 1. The first-order valence-electron chi connectivity index (χ1n) is 6.20. The van der Waals surface area contributed by atoms with Gasteiger partial charge in [-0.1, -0.05) is 11.6 Å². The van der Waals surface area contributed by atoms with Gasteiger partial charge in [-0.3, -0.25) is 4.79 Å². The SMILES string of the molecule is COc1cc(C(=O)N/N=C/c2cc(Cl)ccc2O)ccc1O. The van der Waals surface area contributed by atoms with Gasteiger partial charge in [0.15, 0.2) is 11.5 Å². The summed E-state index contributed by atoms with van der Waals surface area (Å²) in [5.74, 6) is -0.375. The predicted octanol–water partition coefficient (Wildman–Crippen LogP) is 2.52. The van der Waals surface area contributed by atoms with Gasteiger partial charge in [0.2, 0.25) is 0 Å². The zero-order valence-electron chi connectivity index (χ0n) is 11.6. The first-order chi connectivity index (χ1) is 10.5. The molecule has 2 aromatic rings. The van der Waals surface area contributed by atoms with E-state index in [1.54, 1.807) is 0 Å². The number of hydrogen-bond acceptors (Lipinski definition) is 5. The van der Waals surface area contributed by atoms with E-state index in [0.29, 0.717) is 10.6 Å². The van der Waals surface area contributed by atoms with Crippen LogP contribution in [0.2, 0.25) is 5.02 Å². The topological polar surface area (TPSA) is 91.2 Å². The van der Waals surface area contributed by atoms with E-state index in [9.17, 15) is 15.0 Å². The average molecular weight is 321 g/mol. The summed E-state index contributed by atoms with van der Waals surface area (Å²) in [7, 11) is 1.39. The van der Waals surface area contributed by atoms with Crippen molar-refractivity contribution in [3.8, 4) is 17.2 Å². The average Bonchev–Trinajstić information content (AvgIpc) is 2.51. The predicted molar refractivity (Wildman–Crippen MR) is 82.8 cm³/mol. The molecule has 2 rings (SSSR count). The molecule has 0 atom stereocenters. The molecule has 1 amide bonds. The van der Waals surface area contributed by atoms with Crippen molar-refractivity contribution < 1.29 is 19.7 Å².